The summed E-state index contributed by atoms with van der Waals surface area (Å²) in [6, 6.07) is 2.03. The van der Waals surface area contributed by atoms with Gasteiger partial charge in [-0.25, -0.2) is 0 Å². The first kappa shape index (κ1) is 10.1. The average molecular weight is 212 g/mol. The molecule has 0 saturated carbocycles. The monoisotopic (exact) mass is 212 g/mol. The smallest absolute Gasteiger partial charge is 0.133 e. The number of hydrogen-bond donors (Lipinski definition) is 0. The van der Waals surface area contributed by atoms with E-state index < -0.39 is 0 Å². The number of thioether (sulfide) groups is 1. The van der Waals surface area contributed by atoms with Crippen LogP contribution in [0.4, 0.5) is 0 Å². The third-order valence-electron chi connectivity index (χ3n) is 2.38. The maximum absolute atomic E-state index is 5.06. The van der Waals surface area contributed by atoms with Gasteiger partial charge in [-0.15, -0.1) is 0 Å². The summed E-state index contributed by atoms with van der Waals surface area (Å²) < 4.78 is 5.06. The van der Waals surface area contributed by atoms with Gasteiger partial charge >= 0.3 is 0 Å². The molecule has 0 spiro atoms. The maximum atomic E-state index is 5.06. The molecule has 3 nitrogen and oxygen atoms in total. The van der Waals surface area contributed by atoms with Crippen molar-refractivity contribution in [3.63, 3.8) is 0 Å². The lowest BCUT2D eigenvalue weighted by Crippen LogP contribution is -2.25. The van der Waals surface area contributed by atoms with Crippen molar-refractivity contribution in [1.82, 2.24) is 10.1 Å². The zero-order valence-corrected chi connectivity index (χ0v) is 9.35. The van der Waals surface area contributed by atoms with Gasteiger partial charge in [-0.1, -0.05) is 5.16 Å². The molecular weight excluding hydrogens is 196 g/mol. The Bertz CT molecular complexity index is 279. The highest BCUT2D eigenvalue weighted by atomic mass is 32.2. The molecule has 14 heavy (non-hydrogen) atoms. The van der Waals surface area contributed by atoms with Gasteiger partial charge in [0.05, 0.1) is 5.69 Å². The second-order valence-corrected chi connectivity index (χ2v) is 4.90. The average Bonchev–Trinajstić information content (AvgIpc) is 2.43. The summed E-state index contributed by atoms with van der Waals surface area (Å²) in [5.41, 5.74) is 1.06. The fourth-order valence-electron chi connectivity index (χ4n) is 1.68. The SMILES string of the molecule is Cc1cc(CN2CCCSCC2)no1. The van der Waals surface area contributed by atoms with Crippen LogP contribution in [0.5, 0.6) is 0 Å². The van der Waals surface area contributed by atoms with Crippen LogP contribution in [0.2, 0.25) is 0 Å². The first-order valence-corrected chi connectivity index (χ1v) is 6.22. The summed E-state index contributed by atoms with van der Waals surface area (Å²) in [7, 11) is 0. The van der Waals surface area contributed by atoms with E-state index in [0.29, 0.717) is 0 Å². The van der Waals surface area contributed by atoms with Gasteiger partial charge in [-0.2, -0.15) is 11.8 Å². The van der Waals surface area contributed by atoms with Crippen LogP contribution in [0.25, 0.3) is 0 Å². The van der Waals surface area contributed by atoms with Gasteiger partial charge in [-0.05, 0) is 25.6 Å². The van der Waals surface area contributed by atoms with Crippen molar-refractivity contribution in [2.75, 3.05) is 24.6 Å². The van der Waals surface area contributed by atoms with E-state index in [1.165, 1.54) is 31.0 Å². The van der Waals surface area contributed by atoms with Crippen LogP contribution in [-0.2, 0) is 6.54 Å². The van der Waals surface area contributed by atoms with Gasteiger partial charge < -0.3 is 4.52 Å². The Morgan fingerprint density at radius 2 is 2.43 bits per heavy atom. The van der Waals surface area contributed by atoms with Crippen molar-refractivity contribution in [1.29, 1.82) is 0 Å². The zero-order chi connectivity index (χ0) is 9.80. The highest BCUT2D eigenvalue weighted by Gasteiger charge is 2.11. The minimum absolute atomic E-state index is 0.907. The molecule has 1 aliphatic rings. The number of aromatic nitrogens is 1. The van der Waals surface area contributed by atoms with Gasteiger partial charge in [0.15, 0.2) is 0 Å². The van der Waals surface area contributed by atoms with E-state index in [1.54, 1.807) is 0 Å². The predicted molar refractivity (Wildman–Crippen MR) is 58.5 cm³/mol. The number of aryl methyl sites for hydroxylation is 1. The van der Waals surface area contributed by atoms with Crippen molar-refractivity contribution >= 4 is 11.8 Å². The Balaban J connectivity index is 1.89. The largest absolute Gasteiger partial charge is 0.361 e. The van der Waals surface area contributed by atoms with Crippen LogP contribution in [0.3, 0.4) is 0 Å². The molecule has 78 valence electrons. The minimum Gasteiger partial charge on any atom is -0.361 e. The first-order valence-electron chi connectivity index (χ1n) is 5.07. The van der Waals surface area contributed by atoms with Crippen LogP contribution in [0.1, 0.15) is 17.9 Å². The van der Waals surface area contributed by atoms with E-state index in [0.717, 1.165) is 18.0 Å². The van der Waals surface area contributed by atoms with E-state index in [9.17, 15) is 0 Å². The Kier molecular flexibility index (Phi) is 3.48. The fourth-order valence-corrected chi connectivity index (χ4v) is 2.60. The molecule has 1 fully saturated rings. The summed E-state index contributed by atoms with van der Waals surface area (Å²) in [4.78, 5) is 2.46. The summed E-state index contributed by atoms with van der Waals surface area (Å²) in [5, 5.41) is 4.02. The van der Waals surface area contributed by atoms with Crippen molar-refractivity contribution in [2.45, 2.75) is 19.9 Å². The molecule has 1 aliphatic heterocycles. The normalized spacial score (nSPS) is 19.5. The minimum atomic E-state index is 0.907. The lowest BCUT2D eigenvalue weighted by Gasteiger charge is -2.17. The topological polar surface area (TPSA) is 29.3 Å². The van der Waals surface area contributed by atoms with Crippen LogP contribution >= 0.6 is 11.8 Å². The molecule has 0 bridgehead atoms. The maximum Gasteiger partial charge on any atom is 0.133 e. The lowest BCUT2D eigenvalue weighted by molar-refractivity contribution is 0.275. The van der Waals surface area contributed by atoms with Crippen LogP contribution < -0.4 is 0 Å². The molecular formula is C10H16N2OS. The molecule has 2 rings (SSSR count). The standard InChI is InChI=1S/C10H16N2OS/c1-9-7-10(11-13-9)8-12-3-2-5-14-6-4-12/h7H,2-6,8H2,1H3. The van der Waals surface area contributed by atoms with Gasteiger partial charge in [0.25, 0.3) is 0 Å². The molecule has 0 N–H and O–H groups in total. The zero-order valence-electron chi connectivity index (χ0n) is 8.53. The third-order valence-corrected chi connectivity index (χ3v) is 3.43. The van der Waals surface area contributed by atoms with Gasteiger partial charge in [0.2, 0.25) is 0 Å². The molecule has 0 aliphatic carbocycles. The molecule has 4 heteroatoms. The summed E-state index contributed by atoms with van der Waals surface area (Å²) >= 11 is 2.05. The van der Waals surface area contributed by atoms with Crippen LogP contribution in [0, 0.1) is 6.92 Å². The quantitative estimate of drug-likeness (QED) is 0.749. The van der Waals surface area contributed by atoms with Gasteiger partial charge in [-0.3, -0.25) is 4.90 Å². The third kappa shape index (κ3) is 2.75. The second-order valence-electron chi connectivity index (χ2n) is 3.67. The van der Waals surface area contributed by atoms with Crippen LogP contribution in [-0.4, -0.2) is 34.7 Å². The Morgan fingerprint density at radius 3 is 3.21 bits per heavy atom. The molecule has 0 atom stereocenters. The van der Waals surface area contributed by atoms with Crippen molar-refractivity contribution in [2.24, 2.45) is 0 Å². The molecule has 0 radical (unpaired) electrons. The van der Waals surface area contributed by atoms with Crippen molar-refractivity contribution < 1.29 is 4.52 Å². The molecule has 1 saturated heterocycles. The highest BCUT2D eigenvalue weighted by molar-refractivity contribution is 7.99. The molecule has 2 heterocycles. The van der Waals surface area contributed by atoms with E-state index in [4.69, 9.17) is 4.52 Å². The molecule has 1 aromatic rings. The highest BCUT2D eigenvalue weighted by Crippen LogP contribution is 2.12. The number of nitrogens with zero attached hydrogens (tertiary/aromatic N) is 2. The Hall–Kier alpha value is -0.480. The number of rotatable bonds is 2. The van der Waals surface area contributed by atoms with E-state index in [-0.39, 0.29) is 0 Å². The van der Waals surface area contributed by atoms with E-state index in [1.807, 2.05) is 24.8 Å². The van der Waals surface area contributed by atoms with Gasteiger partial charge in [0, 0.05) is 24.9 Å². The summed E-state index contributed by atoms with van der Waals surface area (Å²) in [5.74, 6) is 3.45. The molecule has 0 amide bonds. The summed E-state index contributed by atoms with van der Waals surface area (Å²) in [6.07, 6.45) is 1.29. The van der Waals surface area contributed by atoms with E-state index in [2.05, 4.69) is 10.1 Å². The second kappa shape index (κ2) is 4.84. The lowest BCUT2D eigenvalue weighted by atomic mass is 10.3. The molecule has 0 aromatic carbocycles. The van der Waals surface area contributed by atoms with E-state index >= 15 is 0 Å². The Labute approximate surface area is 88.8 Å². The molecule has 1 aromatic heterocycles. The summed E-state index contributed by atoms with van der Waals surface area (Å²) in [6.45, 7) is 5.25. The fraction of sp³-hybridized carbons (Fsp3) is 0.700. The Morgan fingerprint density at radius 1 is 1.50 bits per heavy atom. The molecule has 0 unspecified atom stereocenters. The van der Waals surface area contributed by atoms with Gasteiger partial charge in [0.1, 0.15) is 5.76 Å². The van der Waals surface area contributed by atoms with Crippen molar-refractivity contribution in [3.8, 4) is 0 Å². The predicted octanol–water partition coefficient (Wildman–Crippen LogP) is 1.92. The van der Waals surface area contributed by atoms with Crippen molar-refractivity contribution in [3.05, 3.63) is 17.5 Å². The number of hydrogen-bond acceptors (Lipinski definition) is 4. The first-order chi connectivity index (χ1) is 6.84. The van der Waals surface area contributed by atoms with Crippen LogP contribution in [0.15, 0.2) is 10.6 Å².